The zero-order chi connectivity index (χ0) is 25.9. The van der Waals surface area contributed by atoms with Gasteiger partial charge in [0, 0.05) is 6.42 Å². The van der Waals surface area contributed by atoms with Crippen molar-refractivity contribution < 1.29 is 13.6 Å². The molecule has 0 aromatic heterocycles. The van der Waals surface area contributed by atoms with Crippen LogP contribution in [-0.4, -0.2) is 41.6 Å². The van der Waals surface area contributed by atoms with Crippen LogP contribution in [-0.2, 0) is 13.6 Å². The molecule has 1 heterocycles. The maximum atomic E-state index is 7.49. The fraction of sp³-hybridized carbons (Fsp3) is 0.533. The van der Waals surface area contributed by atoms with E-state index >= 15 is 0 Å². The van der Waals surface area contributed by atoms with E-state index in [4.69, 9.17) is 13.6 Å². The van der Waals surface area contributed by atoms with E-state index in [0.717, 1.165) is 6.42 Å². The summed E-state index contributed by atoms with van der Waals surface area (Å²) in [6.07, 6.45) is 5.02. The molecule has 0 saturated carbocycles. The summed E-state index contributed by atoms with van der Waals surface area (Å²) in [7, 11) is -4.58. The van der Waals surface area contributed by atoms with Crippen LogP contribution in [0.2, 0.25) is 23.2 Å². The topological polar surface area (TPSA) is 27.7 Å². The van der Waals surface area contributed by atoms with Gasteiger partial charge in [0.25, 0.3) is 8.32 Å². The van der Waals surface area contributed by atoms with Gasteiger partial charge >= 0.3 is 0 Å². The lowest BCUT2D eigenvalue weighted by Crippen LogP contribution is -2.68. The van der Waals surface area contributed by atoms with Crippen LogP contribution in [0.4, 0.5) is 0 Å². The highest BCUT2D eigenvalue weighted by molar-refractivity contribution is 6.99. The third-order valence-corrected chi connectivity index (χ3v) is 17.4. The fourth-order valence-corrected chi connectivity index (χ4v) is 10.5. The minimum Gasteiger partial charge on any atom is -0.414 e. The predicted octanol–water partition coefficient (Wildman–Crippen LogP) is 6.69. The molecule has 0 aliphatic carbocycles. The monoisotopic (exact) mass is 510 g/mol. The summed E-state index contributed by atoms with van der Waals surface area (Å²) >= 11 is 0. The van der Waals surface area contributed by atoms with Crippen molar-refractivity contribution in [3.8, 4) is 0 Å². The Bertz CT molecular complexity index is 919. The first-order chi connectivity index (χ1) is 16.3. The van der Waals surface area contributed by atoms with Crippen molar-refractivity contribution in [1.82, 2.24) is 0 Å². The third kappa shape index (κ3) is 6.08. The van der Waals surface area contributed by atoms with E-state index in [2.05, 4.69) is 134 Å². The molecule has 2 aromatic rings. The lowest BCUT2D eigenvalue weighted by Gasteiger charge is -2.45. The van der Waals surface area contributed by atoms with Crippen LogP contribution < -0.4 is 10.4 Å². The minimum absolute atomic E-state index is 0.0349. The van der Waals surface area contributed by atoms with E-state index < -0.39 is 16.6 Å². The molecule has 0 bridgehead atoms. The number of hydrogen-bond acceptors (Lipinski definition) is 3. The van der Waals surface area contributed by atoms with Gasteiger partial charge in [-0.25, -0.2) is 0 Å². The van der Waals surface area contributed by atoms with Crippen molar-refractivity contribution >= 4 is 27.0 Å². The van der Waals surface area contributed by atoms with Gasteiger partial charge in [0.2, 0.25) is 0 Å². The second-order valence-electron chi connectivity index (χ2n) is 12.4. The predicted molar refractivity (Wildman–Crippen MR) is 154 cm³/mol. The van der Waals surface area contributed by atoms with Crippen LogP contribution in [0.5, 0.6) is 0 Å². The zero-order valence-electron chi connectivity index (χ0n) is 23.3. The minimum atomic E-state index is -2.67. The average Bonchev–Trinajstić information content (AvgIpc) is 3.17. The Morgan fingerprint density at radius 2 is 1.37 bits per heavy atom. The molecule has 0 unspecified atom stereocenters. The van der Waals surface area contributed by atoms with Crippen LogP contribution in [0.15, 0.2) is 72.8 Å². The van der Waals surface area contributed by atoms with Gasteiger partial charge in [-0.05, 0) is 40.5 Å². The molecule has 1 saturated heterocycles. The average molecular weight is 511 g/mol. The van der Waals surface area contributed by atoms with Gasteiger partial charge < -0.3 is 13.6 Å². The molecule has 35 heavy (non-hydrogen) atoms. The van der Waals surface area contributed by atoms with E-state index in [-0.39, 0.29) is 28.4 Å². The molecule has 1 fully saturated rings. The van der Waals surface area contributed by atoms with Crippen molar-refractivity contribution in [2.75, 3.05) is 6.61 Å². The lowest BCUT2D eigenvalue weighted by molar-refractivity contribution is -0.00286. The maximum Gasteiger partial charge on any atom is 0.261 e. The number of ether oxygens (including phenoxy) is 1. The molecular formula is C30H46O3Si2. The maximum absolute atomic E-state index is 7.49. The first kappa shape index (κ1) is 28.1. The van der Waals surface area contributed by atoms with Crippen LogP contribution in [0.1, 0.15) is 54.9 Å². The standard InChI is InChI=1S/C30H46O3Si2/c1-10-17-24-22-27(28(32-24)23-31-34(8,9)29(2,3)4)33-35(30(5,6)7,25-18-13-11-14-19-25)26-20-15-12-16-21-26/h10-21,24,27-28H,22-23H2,1-9H3/b17-10-/t24-,27-,28+/m0/s1. The molecule has 2 aromatic carbocycles. The third-order valence-electron chi connectivity index (χ3n) is 7.80. The molecule has 5 heteroatoms. The molecule has 3 rings (SSSR count). The van der Waals surface area contributed by atoms with Crippen LogP contribution in [0.25, 0.3) is 0 Å². The van der Waals surface area contributed by atoms with E-state index in [1.54, 1.807) is 0 Å². The molecule has 0 N–H and O–H groups in total. The van der Waals surface area contributed by atoms with E-state index in [9.17, 15) is 0 Å². The Hall–Kier alpha value is -1.51. The summed E-state index contributed by atoms with van der Waals surface area (Å²) in [6, 6.07) is 21.8. The highest BCUT2D eigenvalue weighted by Gasteiger charge is 2.53. The number of benzene rings is 2. The first-order valence-corrected chi connectivity index (χ1v) is 17.8. The van der Waals surface area contributed by atoms with Crippen LogP contribution in [0, 0.1) is 0 Å². The van der Waals surface area contributed by atoms with Gasteiger partial charge in [-0.1, -0.05) is 114 Å². The van der Waals surface area contributed by atoms with Crippen molar-refractivity contribution in [1.29, 1.82) is 0 Å². The van der Waals surface area contributed by atoms with Crippen molar-refractivity contribution in [2.45, 2.75) is 96.4 Å². The van der Waals surface area contributed by atoms with Gasteiger partial charge in [0.05, 0.1) is 18.8 Å². The van der Waals surface area contributed by atoms with Crippen molar-refractivity contribution in [2.24, 2.45) is 0 Å². The molecule has 0 amide bonds. The van der Waals surface area contributed by atoms with E-state index in [0.29, 0.717) is 6.61 Å². The van der Waals surface area contributed by atoms with Crippen molar-refractivity contribution in [3.05, 3.63) is 72.8 Å². The summed E-state index contributed by atoms with van der Waals surface area (Å²) in [5, 5.41) is 2.69. The lowest BCUT2D eigenvalue weighted by atomic mass is 10.1. The molecule has 3 nitrogen and oxygen atoms in total. The molecule has 3 atom stereocenters. The molecule has 192 valence electrons. The Kier molecular flexibility index (Phi) is 8.70. The number of hydrogen-bond donors (Lipinski definition) is 0. The second kappa shape index (κ2) is 10.9. The quantitative estimate of drug-likeness (QED) is 0.293. The first-order valence-electron chi connectivity index (χ1n) is 13.0. The summed E-state index contributed by atoms with van der Waals surface area (Å²) in [5.41, 5.74) is 0. The molecule has 1 aliphatic rings. The van der Waals surface area contributed by atoms with E-state index in [1.165, 1.54) is 10.4 Å². The van der Waals surface area contributed by atoms with Gasteiger partial charge in [-0.15, -0.1) is 0 Å². The van der Waals surface area contributed by atoms with E-state index in [1.807, 2.05) is 0 Å². The summed E-state index contributed by atoms with van der Waals surface area (Å²) in [4.78, 5) is 0. The molecular weight excluding hydrogens is 464 g/mol. The molecule has 0 spiro atoms. The highest BCUT2D eigenvalue weighted by atomic mass is 28.4. The zero-order valence-corrected chi connectivity index (χ0v) is 25.3. The largest absolute Gasteiger partial charge is 0.414 e. The SMILES string of the molecule is C/C=C\[C@H]1C[C@H](O[Si](c2ccccc2)(c2ccccc2)C(C)(C)C)[C@@H](CO[Si](C)(C)C(C)(C)C)O1. The van der Waals surface area contributed by atoms with Gasteiger partial charge in [0.15, 0.2) is 8.32 Å². The Morgan fingerprint density at radius 3 is 1.80 bits per heavy atom. The van der Waals surface area contributed by atoms with Gasteiger partial charge in [-0.2, -0.15) is 0 Å². The second-order valence-corrected chi connectivity index (χ2v) is 21.4. The summed E-state index contributed by atoms with van der Waals surface area (Å²) in [5.74, 6) is 0. The van der Waals surface area contributed by atoms with Gasteiger partial charge in [0.1, 0.15) is 6.10 Å². The van der Waals surface area contributed by atoms with Crippen molar-refractivity contribution in [3.63, 3.8) is 0 Å². The Balaban J connectivity index is 2.04. The van der Waals surface area contributed by atoms with Gasteiger partial charge in [-0.3, -0.25) is 0 Å². The van der Waals surface area contributed by atoms with Crippen LogP contribution in [0.3, 0.4) is 0 Å². The normalized spacial score (nSPS) is 22.1. The van der Waals surface area contributed by atoms with Crippen LogP contribution >= 0.6 is 0 Å². The fourth-order valence-electron chi connectivity index (χ4n) is 4.78. The number of rotatable bonds is 8. The Labute approximate surface area is 216 Å². The molecule has 1 aliphatic heterocycles. The summed E-state index contributed by atoms with van der Waals surface area (Å²) < 4.78 is 20.7. The molecule has 0 radical (unpaired) electrons. The number of allylic oxidation sites excluding steroid dienone is 1. The Morgan fingerprint density at radius 1 is 0.857 bits per heavy atom. The highest BCUT2D eigenvalue weighted by Crippen LogP contribution is 2.41. The smallest absolute Gasteiger partial charge is 0.261 e. The summed E-state index contributed by atoms with van der Waals surface area (Å²) in [6.45, 7) is 21.1.